The van der Waals surface area contributed by atoms with Crippen LogP contribution in [0.4, 0.5) is 22.7 Å². The Labute approximate surface area is 399 Å². The molecule has 0 saturated carbocycles. The standard InChI is InChI=1S/C65H62N2/c1-10-22-61(66(42-23-14-12-15-24-42)44-31-33-48-46-27-18-20-29-53(46)62(4,5)55(48)36-44)50-38-57-51(35-41(50)3)52-39-59-60(40-58(52)64(57,8)9)65(59,11-2)67(43-25-16-13-17-26-43)45-32-34-49-47-28-19-21-30-54(47)63(6,7)56(49)37-45/h12-21,23-40,61H,10-11,22H2,1-9H3. The van der Waals surface area contributed by atoms with Crippen LogP contribution in [0, 0.1) is 6.92 Å². The van der Waals surface area contributed by atoms with Crippen LogP contribution in [0.2, 0.25) is 0 Å². The van der Waals surface area contributed by atoms with Crippen LogP contribution >= 0.6 is 0 Å². The van der Waals surface area contributed by atoms with Gasteiger partial charge < -0.3 is 9.80 Å². The van der Waals surface area contributed by atoms with E-state index < -0.39 is 0 Å². The number of aryl methyl sites for hydroxylation is 1. The van der Waals surface area contributed by atoms with Crippen LogP contribution in [0.5, 0.6) is 0 Å². The van der Waals surface area contributed by atoms with Gasteiger partial charge in [-0.05, 0) is 163 Å². The number of nitrogens with zero attached hydrogens (tertiary/aromatic N) is 2. The molecule has 4 aliphatic carbocycles. The molecule has 8 aromatic carbocycles. The lowest BCUT2D eigenvalue weighted by Crippen LogP contribution is -2.32. The van der Waals surface area contributed by atoms with Gasteiger partial charge in [-0.1, -0.05) is 177 Å². The average molecular weight is 871 g/mol. The van der Waals surface area contributed by atoms with E-state index in [1.54, 1.807) is 0 Å². The van der Waals surface area contributed by atoms with E-state index in [2.05, 4.69) is 242 Å². The Kier molecular flexibility index (Phi) is 9.15. The van der Waals surface area contributed by atoms with Gasteiger partial charge in [-0.15, -0.1) is 0 Å². The van der Waals surface area contributed by atoms with Crippen molar-refractivity contribution in [2.45, 2.75) is 109 Å². The van der Waals surface area contributed by atoms with Crippen molar-refractivity contribution in [3.63, 3.8) is 0 Å². The zero-order chi connectivity index (χ0) is 46.2. The highest BCUT2D eigenvalue weighted by Gasteiger charge is 2.56. The van der Waals surface area contributed by atoms with Gasteiger partial charge in [0.1, 0.15) is 0 Å². The van der Waals surface area contributed by atoms with E-state index in [4.69, 9.17) is 0 Å². The summed E-state index contributed by atoms with van der Waals surface area (Å²) < 4.78 is 0. The second kappa shape index (κ2) is 14.7. The maximum Gasteiger partial charge on any atom is 0.0960 e. The first kappa shape index (κ1) is 41.8. The van der Waals surface area contributed by atoms with Gasteiger partial charge in [0.25, 0.3) is 0 Å². The van der Waals surface area contributed by atoms with Crippen molar-refractivity contribution in [1.82, 2.24) is 0 Å². The lowest BCUT2D eigenvalue weighted by Gasteiger charge is -2.37. The third kappa shape index (κ3) is 5.81. The summed E-state index contributed by atoms with van der Waals surface area (Å²) >= 11 is 0. The molecule has 0 bridgehead atoms. The first-order chi connectivity index (χ1) is 32.3. The molecule has 0 spiro atoms. The molecule has 2 atom stereocenters. The number of hydrogen-bond donors (Lipinski definition) is 0. The Balaban J connectivity index is 0.963. The molecular formula is C65H62N2. The van der Waals surface area contributed by atoms with E-state index in [1.165, 1.54) is 112 Å². The number of benzene rings is 8. The van der Waals surface area contributed by atoms with Crippen LogP contribution in [0.3, 0.4) is 0 Å². The van der Waals surface area contributed by atoms with Crippen molar-refractivity contribution >= 4 is 22.7 Å². The highest BCUT2D eigenvalue weighted by molar-refractivity contribution is 5.90. The molecule has 2 nitrogen and oxygen atoms in total. The zero-order valence-corrected chi connectivity index (χ0v) is 40.8. The van der Waals surface area contributed by atoms with E-state index >= 15 is 0 Å². The SMILES string of the molecule is CCCC(c1cc2c(cc1C)-c1cc3c(cc1C2(C)C)C3(CC)N(c1ccccc1)c1ccc2c(c1)C(C)(C)c1ccccc1-2)N(c1ccccc1)c1ccc2c(c1)C(C)(C)c1ccccc1-2. The predicted molar refractivity (Wildman–Crippen MR) is 283 cm³/mol. The lowest BCUT2D eigenvalue weighted by molar-refractivity contribution is 0.604. The van der Waals surface area contributed by atoms with Crippen molar-refractivity contribution < 1.29 is 0 Å². The third-order valence-electron chi connectivity index (χ3n) is 16.9. The molecule has 67 heavy (non-hydrogen) atoms. The van der Waals surface area contributed by atoms with E-state index in [1.807, 2.05) is 0 Å². The number of rotatable bonds is 10. The fourth-order valence-electron chi connectivity index (χ4n) is 13.3. The molecule has 0 aromatic heterocycles. The van der Waals surface area contributed by atoms with Crippen LogP contribution in [0.15, 0.2) is 170 Å². The fraction of sp³-hybridized carbons (Fsp3) is 0.262. The van der Waals surface area contributed by atoms with Crippen LogP contribution in [-0.2, 0) is 21.8 Å². The molecular weight excluding hydrogens is 809 g/mol. The minimum Gasteiger partial charge on any atom is -0.334 e. The minimum atomic E-state index is -0.241. The molecule has 0 heterocycles. The third-order valence-corrected chi connectivity index (χ3v) is 16.9. The molecule has 4 aliphatic rings. The summed E-state index contributed by atoms with van der Waals surface area (Å²) in [5.74, 6) is 0. The van der Waals surface area contributed by atoms with E-state index in [-0.39, 0.29) is 27.8 Å². The Hall–Kier alpha value is -6.64. The van der Waals surface area contributed by atoms with Gasteiger partial charge in [0, 0.05) is 39.0 Å². The molecule has 0 aliphatic heterocycles. The largest absolute Gasteiger partial charge is 0.334 e. The van der Waals surface area contributed by atoms with Gasteiger partial charge in [-0.2, -0.15) is 0 Å². The van der Waals surface area contributed by atoms with E-state index in [0.29, 0.717) is 0 Å². The number of hydrogen-bond acceptors (Lipinski definition) is 2. The summed E-state index contributed by atoms with van der Waals surface area (Å²) in [5.41, 5.74) is 26.8. The van der Waals surface area contributed by atoms with Crippen molar-refractivity contribution in [2.24, 2.45) is 0 Å². The summed E-state index contributed by atoms with van der Waals surface area (Å²) in [6, 6.07) is 65.3. The molecule has 332 valence electrons. The van der Waals surface area contributed by atoms with Crippen molar-refractivity contribution in [3.05, 3.63) is 225 Å². The van der Waals surface area contributed by atoms with Crippen molar-refractivity contribution in [1.29, 1.82) is 0 Å². The molecule has 12 rings (SSSR count). The van der Waals surface area contributed by atoms with Crippen LogP contribution in [0.1, 0.15) is 136 Å². The first-order valence-corrected chi connectivity index (χ1v) is 24.9. The summed E-state index contributed by atoms with van der Waals surface area (Å²) in [7, 11) is 0. The van der Waals surface area contributed by atoms with E-state index in [0.717, 1.165) is 19.3 Å². The highest BCUT2D eigenvalue weighted by Crippen LogP contribution is 2.64. The quantitative estimate of drug-likeness (QED) is 0.135. The molecule has 0 radical (unpaired) electrons. The maximum absolute atomic E-state index is 2.67. The Morgan fingerprint density at radius 2 is 0.851 bits per heavy atom. The minimum absolute atomic E-state index is 0.0787. The van der Waals surface area contributed by atoms with Gasteiger partial charge in [0.2, 0.25) is 0 Å². The summed E-state index contributed by atoms with van der Waals surface area (Å²) in [4.78, 5) is 5.32. The first-order valence-electron chi connectivity index (χ1n) is 24.9. The van der Waals surface area contributed by atoms with Gasteiger partial charge >= 0.3 is 0 Å². The Bertz CT molecular complexity index is 3300. The average Bonchev–Trinajstić information content (AvgIpc) is 3.74. The van der Waals surface area contributed by atoms with Crippen LogP contribution in [-0.4, -0.2) is 0 Å². The molecule has 0 saturated heterocycles. The Morgan fingerprint density at radius 1 is 0.388 bits per heavy atom. The molecule has 2 unspecified atom stereocenters. The van der Waals surface area contributed by atoms with Gasteiger partial charge in [-0.3, -0.25) is 0 Å². The lowest BCUT2D eigenvalue weighted by atomic mass is 9.80. The molecule has 0 N–H and O–H groups in total. The monoisotopic (exact) mass is 870 g/mol. The number of para-hydroxylation sites is 2. The molecule has 0 amide bonds. The van der Waals surface area contributed by atoms with Gasteiger partial charge in [0.15, 0.2) is 0 Å². The highest BCUT2D eigenvalue weighted by atomic mass is 15.2. The van der Waals surface area contributed by atoms with Gasteiger partial charge in [0.05, 0.1) is 11.6 Å². The Morgan fingerprint density at radius 3 is 1.45 bits per heavy atom. The van der Waals surface area contributed by atoms with Gasteiger partial charge in [-0.25, -0.2) is 0 Å². The molecule has 0 fully saturated rings. The number of fused-ring (bicyclic) bond motifs is 10. The normalized spacial score (nSPS) is 18.2. The topological polar surface area (TPSA) is 6.48 Å². The molecule has 8 aromatic rings. The zero-order valence-electron chi connectivity index (χ0n) is 40.8. The number of anilines is 4. The van der Waals surface area contributed by atoms with Crippen molar-refractivity contribution in [3.8, 4) is 33.4 Å². The van der Waals surface area contributed by atoms with E-state index in [9.17, 15) is 0 Å². The maximum atomic E-state index is 2.67. The second-order valence-electron chi connectivity index (χ2n) is 21.5. The van der Waals surface area contributed by atoms with Crippen LogP contribution < -0.4 is 9.80 Å². The second-order valence-corrected chi connectivity index (χ2v) is 21.5. The van der Waals surface area contributed by atoms with Crippen molar-refractivity contribution in [2.75, 3.05) is 9.80 Å². The van der Waals surface area contributed by atoms with Crippen LogP contribution in [0.25, 0.3) is 33.4 Å². The smallest absolute Gasteiger partial charge is 0.0960 e. The fourth-order valence-corrected chi connectivity index (χ4v) is 13.3. The summed E-state index contributed by atoms with van der Waals surface area (Å²) in [6.07, 6.45) is 3.09. The predicted octanol–water partition coefficient (Wildman–Crippen LogP) is 17.4. The summed E-state index contributed by atoms with van der Waals surface area (Å²) in [6.45, 7) is 21.6. The summed E-state index contributed by atoms with van der Waals surface area (Å²) in [5, 5.41) is 0. The molecule has 2 heteroatoms.